The van der Waals surface area contributed by atoms with E-state index in [-0.39, 0.29) is 24.3 Å². The molecule has 3 rings (SSSR count). The van der Waals surface area contributed by atoms with Crippen LogP contribution in [0.3, 0.4) is 0 Å². The van der Waals surface area contributed by atoms with Gasteiger partial charge in [0.25, 0.3) is 0 Å². The largest absolute Gasteiger partial charge is 0.449 e. The van der Waals surface area contributed by atoms with Crippen molar-refractivity contribution in [3.8, 4) is 11.4 Å². The second kappa shape index (κ2) is 8.35. The second-order valence-corrected chi connectivity index (χ2v) is 8.28. The summed E-state index contributed by atoms with van der Waals surface area (Å²) < 4.78 is 6.55. The molecule has 10 heteroatoms. The van der Waals surface area contributed by atoms with Crippen LogP contribution < -0.4 is 10.6 Å². The number of H-pyrrole nitrogens is 1. The molecule has 0 aliphatic carbocycles. The predicted molar refractivity (Wildman–Crippen MR) is 115 cm³/mol. The summed E-state index contributed by atoms with van der Waals surface area (Å²) in [6, 6.07) is 5.47. The molecule has 0 radical (unpaired) electrons. The van der Waals surface area contributed by atoms with Crippen molar-refractivity contribution in [2.45, 2.75) is 39.5 Å². The molecule has 0 fully saturated rings. The summed E-state index contributed by atoms with van der Waals surface area (Å²) >= 11 is 6.52. The van der Waals surface area contributed by atoms with Gasteiger partial charge >= 0.3 is 6.09 Å². The smallest absolute Gasteiger partial charge is 0.411 e. The Morgan fingerprint density at radius 2 is 2.00 bits per heavy atom. The lowest BCUT2D eigenvalue weighted by Gasteiger charge is -2.15. The van der Waals surface area contributed by atoms with E-state index in [1.54, 1.807) is 6.07 Å². The maximum atomic E-state index is 12.2. The Kier molecular flexibility index (Phi) is 6.02. The van der Waals surface area contributed by atoms with E-state index >= 15 is 0 Å². The number of aryl methyl sites for hydroxylation is 1. The van der Waals surface area contributed by atoms with Crippen LogP contribution in [0.15, 0.2) is 18.2 Å². The van der Waals surface area contributed by atoms with Crippen molar-refractivity contribution in [2.24, 2.45) is 0 Å². The number of halogens is 1. The van der Waals surface area contributed by atoms with Crippen molar-refractivity contribution in [2.75, 3.05) is 19.0 Å². The Bertz CT molecular complexity index is 1100. The highest BCUT2D eigenvalue weighted by molar-refractivity contribution is 6.34. The van der Waals surface area contributed by atoms with E-state index in [2.05, 4.69) is 25.8 Å². The number of hydrogen-bond acceptors (Lipinski definition) is 5. The number of benzene rings is 1. The van der Waals surface area contributed by atoms with Gasteiger partial charge in [-0.15, -0.1) is 9.73 Å². The van der Waals surface area contributed by atoms with E-state index in [0.29, 0.717) is 27.7 Å². The summed E-state index contributed by atoms with van der Waals surface area (Å²) in [6.45, 7) is 7.97. The number of hydrogen-bond donors (Lipinski definition) is 3. The van der Waals surface area contributed by atoms with Gasteiger partial charge in [-0.1, -0.05) is 44.5 Å². The van der Waals surface area contributed by atoms with E-state index in [0.717, 1.165) is 11.3 Å². The molecule has 0 aliphatic rings. The zero-order valence-electron chi connectivity index (χ0n) is 17.6. The molecule has 2 amide bonds. The highest BCUT2D eigenvalue weighted by Gasteiger charge is 2.26. The van der Waals surface area contributed by atoms with Crippen LogP contribution in [0, 0.1) is 6.92 Å². The Hall–Kier alpha value is -3.07. The van der Waals surface area contributed by atoms with Crippen molar-refractivity contribution >= 4 is 34.9 Å². The van der Waals surface area contributed by atoms with Crippen molar-refractivity contribution in [1.29, 1.82) is 0 Å². The van der Waals surface area contributed by atoms with Gasteiger partial charge in [0.05, 0.1) is 17.8 Å². The van der Waals surface area contributed by atoms with Gasteiger partial charge in [-0.3, -0.25) is 10.1 Å². The van der Waals surface area contributed by atoms with Crippen LogP contribution in [0.25, 0.3) is 17.0 Å². The normalized spacial score (nSPS) is 11.5. The number of carbonyl (C=O) groups is 2. The predicted octanol–water partition coefficient (Wildman–Crippen LogP) is 3.67. The Morgan fingerprint density at radius 3 is 2.63 bits per heavy atom. The van der Waals surface area contributed by atoms with E-state index < -0.39 is 6.09 Å². The lowest BCUT2D eigenvalue weighted by molar-refractivity contribution is -0.121. The fourth-order valence-corrected chi connectivity index (χ4v) is 3.43. The molecule has 2 aromatic heterocycles. The number of nitrogens with one attached hydrogen (secondary N) is 3. The summed E-state index contributed by atoms with van der Waals surface area (Å²) in [7, 11) is 1.53. The molecular weight excluding hydrogens is 408 g/mol. The number of rotatable bonds is 5. The van der Waals surface area contributed by atoms with Crippen LogP contribution in [-0.2, 0) is 14.9 Å². The summed E-state index contributed by atoms with van der Waals surface area (Å²) in [6.07, 6.45) is -0.565. The van der Waals surface area contributed by atoms with E-state index in [4.69, 9.17) is 16.3 Å². The number of anilines is 1. The SMILES string of the molecule is CNC(=O)CCOC(=O)Nc1cccc(C)c1-c1nn2nc(C(C)(C)C)c(Cl)c2[nH]1. The topological polar surface area (TPSA) is 113 Å². The molecule has 1 aromatic carbocycles. The van der Waals surface area contributed by atoms with Crippen LogP contribution in [0.5, 0.6) is 0 Å². The molecule has 0 atom stereocenters. The van der Waals surface area contributed by atoms with Crippen LogP contribution in [0.2, 0.25) is 5.02 Å². The summed E-state index contributed by atoms with van der Waals surface area (Å²) in [5, 5.41) is 14.7. The first-order chi connectivity index (χ1) is 14.1. The molecule has 3 aromatic rings. The molecule has 0 saturated heterocycles. The van der Waals surface area contributed by atoms with Gasteiger partial charge in [-0.25, -0.2) is 4.79 Å². The minimum absolute atomic E-state index is 0.0214. The molecule has 9 nitrogen and oxygen atoms in total. The third kappa shape index (κ3) is 4.40. The third-order valence-corrected chi connectivity index (χ3v) is 4.90. The number of aromatic nitrogens is 4. The van der Waals surface area contributed by atoms with Gasteiger partial charge in [0.15, 0.2) is 11.5 Å². The van der Waals surface area contributed by atoms with Crippen LogP contribution in [0.1, 0.15) is 38.4 Å². The average Bonchev–Trinajstić information content (AvgIpc) is 3.20. The lowest BCUT2D eigenvalue weighted by Crippen LogP contribution is -2.22. The highest BCUT2D eigenvalue weighted by Crippen LogP contribution is 2.34. The second-order valence-electron chi connectivity index (χ2n) is 7.91. The average molecular weight is 433 g/mol. The third-order valence-electron chi connectivity index (χ3n) is 4.54. The zero-order valence-corrected chi connectivity index (χ0v) is 18.3. The van der Waals surface area contributed by atoms with Crippen LogP contribution >= 0.6 is 11.6 Å². The number of carbonyl (C=O) groups excluding carboxylic acids is 2. The molecule has 0 bridgehead atoms. The molecule has 160 valence electrons. The first-order valence-corrected chi connectivity index (χ1v) is 9.89. The lowest BCUT2D eigenvalue weighted by atomic mass is 9.92. The van der Waals surface area contributed by atoms with Crippen molar-refractivity contribution in [1.82, 2.24) is 25.1 Å². The number of nitrogens with zero attached hydrogens (tertiary/aromatic N) is 3. The van der Waals surface area contributed by atoms with Gasteiger partial charge in [-0.2, -0.15) is 5.10 Å². The highest BCUT2D eigenvalue weighted by atomic mass is 35.5. The van der Waals surface area contributed by atoms with E-state index in [1.165, 1.54) is 11.7 Å². The monoisotopic (exact) mass is 432 g/mol. The standard InChI is InChI=1S/C20H25ClN6O3/c1-11-7-6-8-12(23-19(29)30-10-9-13(28)22-5)14(11)17-24-18-15(21)16(20(2,3)4)25-27(18)26-17/h6-8H,9-10H2,1-5H3,(H,22,28)(H,23,29)(H,24,26). The fourth-order valence-electron chi connectivity index (χ4n) is 2.98. The quantitative estimate of drug-likeness (QED) is 0.569. The van der Waals surface area contributed by atoms with Crippen molar-refractivity contribution in [3.05, 3.63) is 34.5 Å². The molecule has 30 heavy (non-hydrogen) atoms. The van der Waals surface area contributed by atoms with Crippen LogP contribution in [-0.4, -0.2) is 45.5 Å². The molecule has 2 heterocycles. The molecular formula is C20H25ClN6O3. The van der Waals surface area contributed by atoms with E-state index in [1.807, 2.05) is 39.8 Å². The van der Waals surface area contributed by atoms with Gasteiger partial charge in [-0.05, 0) is 18.6 Å². The zero-order chi connectivity index (χ0) is 22.1. The number of ether oxygens (including phenoxy) is 1. The number of aromatic amines is 1. The summed E-state index contributed by atoms with van der Waals surface area (Å²) in [5.74, 6) is 0.308. The molecule has 3 N–H and O–H groups in total. The molecule has 0 saturated carbocycles. The van der Waals surface area contributed by atoms with E-state index in [9.17, 15) is 9.59 Å². The van der Waals surface area contributed by atoms with Gasteiger partial charge < -0.3 is 15.0 Å². The number of fused-ring (bicyclic) bond motifs is 1. The van der Waals surface area contributed by atoms with Gasteiger partial charge in [0.1, 0.15) is 11.6 Å². The van der Waals surface area contributed by atoms with Gasteiger partial charge in [0, 0.05) is 18.0 Å². The molecule has 0 spiro atoms. The van der Waals surface area contributed by atoms with Crippen LogP contribution in [0.4, 0.5) is 10.5 Å². The first-order valence-electron chi connectivity index (χ1n) is 9.51. The minimum Gasteiger partial charge on any atom is -0.449 e. The van der Waals surface area contributed by atoms with Gasteiger partial charge in [0.2, 0.25) is 5.91 Å². The van der Waals surface area contributed by atoms with Crippen molar-refractivity contribution < 1.29 is 14.3 Å². The maximum absolute atomic E-state index is 12.2. The molecule has 0 aliphatic heterocycles. The number of amides is 2. The fraction of sp³-hybridized carbons (Fsp3) is 0.400. The Labute approximate surface area is 179 Å². The maximum Gasteiger partial charge on any atom is 0.411 e. The summed E-state index contributed by atoms with van der Waals surface area (Å²) in [5.41, 5.74) is 3.21. The first kappa shape index (κ1) is 21.6. The minimum atomic E-state index is -0.657. The Morgan fingerprint density at radius 1 is 1.27 bits per heavy atom. The Balaban J connectivity index is 1.88. The molecule has 0 unspecified atom stereocenters. The summed E-state index contributed by atoms with van der Waals surface area (Å²) in [4.78, 5) is 26.6. The van der Waals surface area contributed by atoms with Crippen molar-refractivity contribution in [3.63, 3.8) is 0 Å².